The fourth-order valence-corrected chi connectivity index (χ4v) is 0.805. The van der Waals surface area contributed by atoms with Crippen LogP contribution in [0.25, 0.3) is 0 Å². The highest BCUT2D eigenvalue weighted by atomic mass is 16.1. The molecule has 1 rings (SSSR count). The fourth-order valence-electron chi connectivity index (χ4n) is 0.805. The molecule has 0 unspecified atom stereocenters. The third kappa shape index (κ3) is 2.57. The maximum atomic E-state index is 11.1. The summed E-state index contributed by atoms with van der Waals surface area (Å²) < 4.78 is 0. The van der Waals surface area contributed by atoms with Crippen LogP contribution >= 0.6 is 0 Å². The quantitative estimate of drug-likeness (QED) is 0.628. The van der Waals surface area contributed by atoms with E-state index in [0.717, 1.165) is 5.69 Å². The van der Waals surface area contributed by atoms with E-state index in [-0.39, 0.29) is 5.91 Å². The molecule has 1 amide bonds. The van der Waals surface area contributed by atoms with Gasteiger partial charge in [0.05, 0.1) is 6.42 Å². The molecule has 1 aromatic rings. The third-order valence-electron chi connectivity index (χ3n) is 1.35. The monoisotopic (exact) mass is 165 g/mol. The van der Waals surface area contributed by atoms with Crippen molar-refractivity contribution in [3.63, 3.8) is 0 Å². The minimum atomic E-state index is -0.0286. The first kappa shape index (κ1) is 8.52. The van der Waals surface area contributed by atoms with Crippen molar-refractivity contribution in [2.45, 2.75) is 6.42 Å². The third-order valence-corrected chi connectivity index (χ3v) is 1.35. The average Bonchev–Trinajstić information content (AvgIpc) is 2.53. The van der Waals surface area contributed by atoms with Crippen molar-refractivity contribution in [3.8, 4) is 0 Å². The molecular formula is C8H11N3O. The SMILES string of the molecule is C=CCNC(=O)Cc1ccn[nH]1. The largest absolute Gasteiger partial charge is 0.352 e. The summed E-state index contributed by atoms with van der Waals surface area (Å²) in [5, 5.41) is 9.10. The van der Waals surface area contributed by atoms with Crippen molar-refractivity contribution in [1.82, 2.24) is 15.5 Å². The average molecular weight is 165 g/mol. The first-order valence-electron chi connectivity index (χ1n) is 3.69. The number of rotatable bonds is 4. The molecule has 1 aromatic heterocycles. The van der Waals surface area contributed by atoms with Crippen LogP contribution in [0.15, 0.2) is 24.9 Å². The van der Waals surface area contributed by atoms with Gasteiger partial charge < -0.3 is 5.32 Å². The minimum absolute atomic E-state index is 0.0286. The van der Waals surface area contributed by atoms with Gasteiger partial charge in [0.2, 0.25) is 5.91 Å². The van der Waals surface area contributed by atoms with Gasteiger partial charge in [-0.1, -0.05) is 6.08 Å². The molecule has 0 saturated carbocycles. The highest BCUT2D eigenvalue weighted by molar-refractivity contribution is 5.78. The molecule has 0 fully saturated rings. The van der Waals surface area contributed by atoms with Crippen LogP contribution in [0.3, 0.4) is 0 Å². The molecular weight excluding hydrogens is 154 g/mol. The Morgan fingerprint density at radius 1 is 1.83 bits per heavy atom. The molecule has 64 valence electrons. The number of nitrogens with one attached hydrogen (secondary N) is 2. The van der Waals surface area contributed by atoms with E-state index < -0.39 is 0 Å². The summed E-state index contributed by atoms with van der Waals surface area (Å²) in [6.07, 6.45) is 3.61. The van der Waals surface area contributed by atoms with Crippen LogP contribution in [0.4, 0.5) is 0 Å². The summed E-state index contributed by atoms with van der Waals surface area (Å²) in [6, 6.07) is 1.77. The van der Waals surface area contributed by atoms with E-state index in [1.165, 1.54) is 0 Å². The topological polar surface area (TPSA) is 57.8 Å². The molecule has 0 aliphatic carbocycles. The number of amides is 1. The molecule has 2 N–H and O–H groups in total. The summed E-state index contributed by atoms with van der Waals surface area (Å²) >= 11 is 0. The van der Waals surface area contributed by atoms with Gasteiger partial charge in [0.25, 0.3) is 0 Å². The highest BCUT2D eigenvalue weighted by Gasteiger charge is 2.01. The molecule has 4 nitrogen and oxygen atoms in total. The van der Waals surface area contributed by atoms with Crippen molar-refractivity contribution >= 4 is 5.91 Å². The van der Waals surface area contributed by atoms with Gasteiger partial charge in [-0.3, -0.25) is 9.89 Å². The molecule has 0 aliphatic rings. The predicted octanol–water partition coefficient (Wildman–Crippen LogP) is 0.254. The van der Waals surface area contributed by atoms with Crippen LogP contribution in [0.5, 0.6) is 0 Å². The molecule has 0 radical (unpaired) electrons. The number of H-pyrrole nitrogens is 1. The van der Waals surface area contributed by atoms with Crippen molar-refractivity contribution < 1.29 is 4.79 Å². The van der Waals surface area contributed by atoms with E-state index in [1.807, 2.05) is 0 Å². The van der Waals surface area contributed by atoms with Gasteiger partial charge in [0, 0.05) is 18.4 Å². The van der Waals surface area contributed by atoms with E-state index in [4.69, 9.17) is 0 Å². The van der Waals surface area contributed by atoms with Gasteiger partial charge in [-0.25, -0.2) is 0 Å². The molecule has 0 spiro atoms. The lowest BCUT2D eigenvalue weighted by Crippen LogP contribution is -2.25. The Kier molecular flexibility index (Phi) is 3.07. The van der Waals surface area contributed by atoms with Crippen LogP contribution in [0, 0.1) is 0 Å². The Morgan fingerprint density at radius 3 is 3.25 bits per heavy atom. The maximum absolute atomic E-state index is 11.1. The maximum Gasteiger partial charge on any atom is 0.226 e. The normalized spacial score (nSPS) is 9.33. The number of hydrogen-bond acceptors (Lipinski definition) is 2. The van der Waals surface area contributed by atoms with Crippen molar-refractivity contribution in [1.29, 1.82) is 0 Å². The molecule has 4 heteroatoms. The molecule has 1 heterocycles. The summed E-state index contributed by atoms with van der Waals surface area (Å²) in [5.74, 6) is -0.0286. The number of nitrogens with zero attached hydrogens (tertiary/aromatic N) is 1. The lowest BCUT2D eigenvalue weighted by Gasteiger charge is -1.98. The Morgan fingerprint density at radius 2 is 2.67 bits per heavy atom. The molecule has 0 saturated heterocycles. The van der Waals surface area contributed by atoms with Crippen LogP contribution in [0.2, 0.25) is 0 Å². The second-order valence-corrected chi connectivity index (χ2v) is 2.35. The van der Waals surface area contributed by atoms with Crippen LogP contribution in [-0.4, -0.2) is 22.6 Å². The first-order chi connectivity index (χ1) is 5.83. The minimum Gasteiger partial charge on any atom is -0.352 e. The number of carbonyl (C=O) groups is 1. The Labute approximate surface area is 70.7 Å². The van der Waals surface area contributed by atoms with Crippen LogP contribution in [0.1, 0.15) is 5.69 Å². The van der Waals surface area contributed by atoms with Crippen LogP contribution < -0.4 is 5.32 Å². The van der Waals surface area contributed by atoms with Gasteiger partial charge in [0.1, 0.15) is 0 Å². The number of hydrogen-bond donors (Lipinski definition) is 2. The van der Waals surface area contributed by atoms with E-state index in [9.17, 15) is 4.79 Å². The summed E-state index contributed by atoms with van der Waals surface area (Å²) in [5.41, 5.74) is 0.816. The number of aromatic nitrogens is 2. The van der Waals surface area contributed by atoms with Gasteiger partial charge in [-0.05, 0) is 6.07 Å². The summed E-state index contributed by atoms with van der Waals surface area (Å²) in [7, 11) is 0. The fraction of sp³-hybridized carbons (Fsp3) is 0.250. The van der Waals surface area contributed by atoms with Gasteiger partial charge in [0.15, 0.2) is 0 Å². The summed E-state index contributed by atoms with van der Waals surface area (Å²) in [4.78, 5) is 11.1. The zero-order chi connectivity index (χ0) is 8.81. The zero-order valence-corrected chi connectivity index (χ0v) is 6.71. The summed E-state index contributed by atoms with van der Waals surface area (Å²) in [6.45, 7) is 4.00. The van der Waals surface area contributed by atoms with Crippen molar-refractivity contribution in [3.05, 3.63) is 30.6 Å². The van der Waals surface area contributed by atoms with Crippen molar-refractivity contribution in [2.75, 3.05) is 6.54 Å². The Balaban J connectivity index is 2.32. The molecule has 0 atom stereocenters. The van der Waals surface area contributed by atoms with Crippen molar-refractivity contribution in [2.24, 2.45) is 0 Å². The smallest absolute Gasteiger partial charge is 0.226 e. The predicted molar refractivity (Wildman–Crippen MR) is 45.5 cm³/mol. The van der Waals surface area contributed by atoms with Gasteiger partial charge in [-0.2, -0.15) is 5.10 Å². The van der Waals surface area contributed by atoms with Crippen LogP contribution in [-0.2, 0) is 11.2 Å². The van der Waals surface area contributed by atoms with Gasteiger partial charge in [-0.15, -0.1) is 6.58 Å². The molecule has 12 heavy (non-hydrogen) atoms. The van der Waals surface area contributed by atoms with Gasteiger partial charge >= 0.3 is 0 Å². The molecule has 0 bridgehead atoms. The molecule has 0 aliphatic heterocycles. The first-order valence-corrected chi connectivity index (χ1v) is 3.69. The number of aromatic amines is 1. The second kappa shape index (κ2) is 4.33. The lowest BCUT2D eigenvalue weighted by atomic mass is 10.3. The highest BCUT2D eigenvalue weighted by Crippen LogP contribution is 1.91. The van der Waals surface area contributed by atoms with E-state index in [0.29, 0.717) is 13.0 Å². The Hall–Kier alpha value is -1.58. The van der Waals surface area contributed by atoms with E-state index >= 15 is 0 Å². The number of carbonyl (C=O) groups excluding carboxylic acids is 1. The van der Waals surface area contributed by atoms with E-state index in [2.05, 4.69) is 22.1 Å². The lowest BCUT2D eigenvalue weighted by molar-refractivity contribution is -0.120. The zero-order valence-electron chi connectivity index (χ0n) is 6.71. The van der Waals surface area contributed by atoms with E-state index in [1.54, 1.807) is 18.3 Å². The Bertz CT molecular complexity index is 253. The standard InChI is InChI=1S/C8H11N3O/c1-2-4-9-8(12)6-7-3-5-10-11-7/h2-3,5H,1,4,6H2,(H,9,12)(H,10,11). The molecule has 0 aromatic carbocycles. The second-order valence-electron chi connectivity index (χ2n) is 2.35.